The molecule has 0 unspecified atom stereocenters. The molecular formula is C28H27N3O5S2. The Morgan fingerprint density at radius 3 is 2.24 bits per heavy atom. The van der Waals surface area contributed by atoms with Crippen molar-refractivity contribution in [2.75, 3.05) is 23.0 Å². The number of carbonyl (C=O) groups is 5. The number of nitrogens with zero attached hydrogens (tertiary/aromatic N) is 2. The predicted molar refractivity (Wildman–Crippen MR) is 148 cm³/mol. The molecule has 2 aromatic rings. The van der Waals surface area contributed by atoms with Gasteiger partial charge in [0.2, 0.25) is 29.5 Å². The molecule has 8 nitrogen and oxygen atoms in total. The van der Waals surface area contributed by atoms with E-state index in [9.17, 15) is 24.0 Å². The Labute approximate surface area is 229 Å². The van der Waals surface area contributed by atoms with Crippen molar-refractivity contribution < 1.29 is 24.0 Å². The van der Waals surface area contributed by atoms with Crippen LogP contribution in [0.1, 0.15) is 48.8 Å². The molecule has 38 heavy (non-hydrogen) atoms. The minimum Gasteiger partial charge on any atom is -0.355 e. The van der Waals surface area contributed by atoms with Gasteiger partial charge in [-0.2, -0.15) is 0 Å². The molecule has 1 N–H and O–H groups in total. The van der Waals surface area contributed by atoms with E-state index in [1.165, 1.54) is 21.6 Å². The molecular weight excluding hydrogens is 522 g/mol. The molecule has 2 aliphatic heterocycles. The number of para-hydroxylation sites is 1. The molecule has 0 spiro atoms. The Balaban J connectivity index is 1.18. The number of nitrogens with one attached hydrogen (secondary N) is 1. The lowest BCUT2D eigenvalue weighted by molar-refractivity contribution is -0.149. The molecule has 0 bridgehead atoms. The van der Waals surface area contributed by atoms with Crippen molar-refractivity contribution in [3.05, 3.63) is 65.2 Å². The summed E-state index contributed by atoms with van der Waals surface area (Å²) in [5.74, 6) is 5.80. The summed E-state index contributed by atoms with van der Waals surface area (Å²) in [7, 11) is 2.94. The molecule has 1 fully saturated rings. The maximum Gasteiger partial charge on any atom is 0.236 e. The van der Waals surface area contributed by atoms with Crippen molar-refractivity contribution in [2.45, 2.75) is 38.6 Å². The van der Waals surface area contributed by atoms with Gasteiger partial charge in [0.05, 0.1) is 12.2 Å². The number of anilines is 1. The lowest BCUT2D eigenvalue weighted by Crippen LogP contribution is -2.35. The first kappa shape index (κ1) is 27.5. The van der Waals surface area contributed by atoms with Gasteiger partial charge >= 0.3 is 0 Å². The summed E-state index contributed by atoms with van der Waals surface area (Å²) in [6.45, 7) is 0.815. The molecule has 0 atom stereocenters. The largest absolute Gasteiger partial charge is 0.355 e. The van der Waals surface area contributed by atoms with Crippen LogP contribution in [0.4, 0.5) is 5.69 Å². The first-order valence-electron chi connectivity index (χ1n) is 12.3. The number of benzene rings is 2. The van der Waals surface area contributed by atoms with Gasteiger partial charge in [0, 0.05) is 61.3 Å². The van der Waals surface area contributed by atoms with Crippen LogP contribution in [0.15, 0.2) is 48.5 Å². The van der Waals surface area contributed by atoms with E-state index >= 15 is 0 Å². The highest BCUT2D eigenvalue weighted by Gasteiger charge is 2.33. The third-order valence-electron chi connectivity index (χ3n) is 6.03. The van der Waals surface area contributed by atoms with E-state index in [0.717, 1.165) is 27.3 Å². The summed E-state index contributed by atoms with van der Waals surface area (Å²) in [6.07, 6.45) is 0.472. The molecule has 2 aliphatic rings. The monoisotopic (exact) mass is 549 g/mol. The van der Waals surface area contributed by atoms with Crippen molar-refractivity contribution in [3.63, 3.8) is 0 Å². The van der Waals surface area contributed by atoms with Crippen LogP contribution in [-0.2, 0) is 30.5 Å². The van der Waals surface area contributed by atoms with Crippen LogP contribution in [0.2, 0.25) is 0 Å². The zero-order valence-electron chi connectivity index (χ0n) is 20.7. The van der Waals surface area contributed by atoms with Gasteiger partial charge in [-0.15, -0.1) is 0 Å². The lowest BCUT2D eigenvalue weighted by atomic mass is 10.0. The van der Waals surface area contributed by atoms with Gasteiger partial charge in [-0.05, 0) is 23.8 Å². The molecule has 4 rings (SSSR count). The van der Waals surface area contributed by atoms with Crippen molar-refractivity contribution in [1.29, 1.82) is 0 Å². The summed E-state index contributed by atoms with van der Waals surface area (Å²) >= 11 is 0. The molecule has 0 saturated carbocycles. The highest BCUT2D eigenvalue weighted by atomic mass is 33.1. The van der Waals surface area contributed by atoms with E-state index < -0.39 is 17.7 Å². The number of hydrogen-bond donors (Lipinski definition) is 1. The molecule has 0 radical (unpaired) electrons. The van der Waals surface area contributed by atoms with Crippen LogP contribution < -0.4 is 10.2 Å². The maximum atomic E-state index is 13.2. The van der Waals surface area contributed by atoms with Gasteiger partial charge in [-0.1, -0.05) is 63.8 Å². The normalized spacial score (nSPS) is 14.1. The summed E-state index contributed by atoms with van der Waals surface area (Å²) in [6, 6.07) is 15.3. The Morgan fingerprint density at radius 1 is 0.789 bits per heavy atom. The van der Waals surface area contributed by atoms with Crippen LogP contribution >= 0.6 is 21.6 Å². The zero-order valence-corrected chi connectivity index (χ0v) is 22.4. The van der Waals surface area contributed by atoms with Gasteiger partial charge in [-0.3, -0.25) is 24.0 Å². The fourth-order valence-corrected chi connectivity index (χ4v) is 5.98. The summed E-state index contributed by atoms with van der Waals surface area (Å²) in [4.78, 5) is 63.2. The second kappa shape index (κ2) is 13.3. The summed E-state index contributed by atoms with van der Waals surface area (Å²) in [5.41, 5.74) is 3.36. The van der Waals surface area contributed by atoms with Crippen LogP contribution in [-0.4, -0.2) is 52.5 Å². The van der Waals surface area contributed by atoms with E-state index in [0.29, 0.717) is 24.6 Å². The van der Waals surface area contributed by atoms with E-state index in [2.05, 4.69) is 17.2 Å². The second-order valence-corrected chi connectivity index (χ2v) is 11.4. The number of hydrogen-bond acceptors (Lipinski definition) is 7. The van der Waals surface area contributed by atoms with Crippen molar-refractivity contribution >= 4 is 56.8 Å². The van der Waals surface area contributed by atoms with Crippen LogP contribution in [0.25, 0.3) is 0 Å². The van der Waals surface area contributed by atoms with Gasteiger partial charge in [-0.25, -0.2) is 4.90 Å². The topological polar surface area (TPSA) is 104 Å². The van der Waals surface area contributed by atoms with Gasteiger partial charge in [0.25, 0.3) is 0 Å². The van der Waals surface area contributed by atoms with Gasteiger partial charge in [0.15, 0.2) is 0 Å². The lowest BCUT2D eigenvalue weighted by Gasteiger charge is -2.26. The number of carbonyl (C=O) groups excluding carboxylic acids is 5. The SMILES string of the molecule is O=C(CCC(=O)N1Cc2ccccc2C#Cc2ccccc21)NCCSSCCC(=O)N1C(=O)CCC1=O. The average molecular weight is 550 g/mol. The fourth-order valence-electron chi connectivity index (χ4n) is 4.10. The van der Waals surface area contributed by atoms with E-state index in [1.807, 2.05) is 48.5 Å². The Hall–Kier alpha value is -3.55. The van der Waals surface area contributed by atoms with E-state index in [-0.39, 0.29) is 43.9 Å². The molecule has 10 heteroatoms. The standard InChI is InChI=1S/C28H27N3O5S2/c32-24(29-16-18-38-37-17-15-28(36)31-26(34)13-14-27(31)35)11-12-25(33)30-19-22-7-2-1-5-20(22)9-10-21-6-3-4-8-23(21)30/h1-8H,11-19H2,(H,29,32). The number of rotatable bonds is 10. The molecule has 5 amide bonds. The summed E-state index contributed by atoms with van der Waals surface area (Å²) in [5, 5.41) is 2.82. The Bertz CT molecular complexity index is 1300. The van der Waals surface area contributed by atoms with Crippen molar-refractivity contribution in [2.24, 2.45) is 0 Å². The van der Waals surface area contributed by atoms with Crippen LogP contribution in [0, 0.1) is 11.8 Å². The smallest absolute Gasteiger partial charge is 0.236 e. The van der Waals surface area contributed by atoms with E-state index in [1.54, 1.807) is 4.90 Å². The number of fused-ring (bicyclic) bond motifs is 2. The number of likely N-dealkylation sites (tertiary alicyclic amines) is 1. The van der Waals surface area contributed by atoms with Crippen LogP contribution in [0.5, 0.6) is 0 Å². The Kier molecular flexibility index (Phi) is 9.62. The van der Waals surface area contributed by atoms with Crippen molar-refractivity contribution in [3.8, 4) is 11.8 Å². The van der Waals surface area contributed by atoms with Gasteiger partial charge < -0.3 is 10.2 Å². The van der Waals surface area contributed by atoms with Crippen LogP contribution in [0.3, 0.4) is 0 Å². The molecule has 2 heterocycles. The third kappa shape index (κ3) is 7.05. The average Bonchev–Trinajstić information content (AvgIpc) is 3.25. The third-order valence-corrected chi connectivity index (χ3v) is 8.44. The maximum absolute atomic E-state index is 13.2. The molecule has 196 valence electrons. The first-order valence-corrected chi connectivity index (χ1v) is 14.8. The zero-order chi connectivity index (χ0) is 26.9. The minimum atomic E-state index is -0.457. The quantitative estimate of drug-likeness (QED) is 0.210. The Morgan fingerprint density at radius 2 is 1.45 bits per heavy atom. The molecule has 0 aliphatic carbocycles. The summed E-state index contributed by atoms with van der Waals surface area (Å²) < 4.78 is 0. The highest BCUT2D eigenvalue weighted by molar-refractivity contribution is 8.76. The fraction of sp³-hybridized carbons (Fsp3) is 0.321. The first-order chi connectivity index (χ1) is 18.4. The highest BCUT2D eigenvalue weighted by Crippen LogP contribution is 2.26. The van der Waals surface area contributed by atoms with Gasteiger partial charge in [0.1, 0.15) is 0 Å². The van der Waals surface area contributed by atoms with E-state index in [4.69, 9.17) is 0 Å². The minimum absolute atomic E-state index is 0.0771. The predicted octanol–water partition coefficient (Wildman–Crippen LogP) is 3.28. The molecule has 2 aromatic carbocycles. The second-order valence-electron chi connectivity index (χ2n) is 8.66. The molecule has 1 saturated heterocycles. The number of imide groups is 3. The number of amides is 5. The van der Waals surface area contributed by atoms with Crippen molar-refractivity contribution in [1.82, 2.24) is 10.2 Å². The molecule has 0 aromatic heterocycles.